The Balaban J connectivity index is 2.00. The highest BCUT2D eigenvalue weighted by Gasteiger charge is 2.26. The molecule has 1 aromatic rings. The monoisotopic (exact) mass is 311 g/mol. The third-order valence-corrected chi connectivity index (χ3v) is 4.95. The Labute approximate surface area is 125 Å². The van der Waals surface area contributed by atoms with E-state index in [0.29, 0.717) is 24.3 Å². The van der Waals surface area contributed by atoms with Gasteiger partial charge in [0.25, 0.3) is 0 Å². The Morgan fingerprint density at radius 1 is 1.33 bits per heavy atom. The molecule has 1 amide bonds. The number of para-hydroxylation sites is 1. The summed E-state index contributed by atoms with van der Waals surface area (Å²) in [5.41, 5.74) is 6.72. The number of likely N-dealkylation sites (tertiary alicyclic amines) is 1. The number of carbonyl (C=O) groups is 1. The molecule has 21 heavy (non-hydrogen) atoms. The average Bonchev–Trinajstić information content (AvgIpc) is 2.93. The Kier molecular flexibility index (Phi) is 4.84. The highest BCUT2D eigenvalue weighted by atomic mass is 32.2. The topological polar surface area (TPSA) is 92.5 Å². The zero-order valence-electron chi connectivity index (χ0n) is 12.1. The number of hydrogen-bond acceptors (Lipinski definition) is 4. The van der Waals surface area contributed by atoms with Crippen molar-refractivity contribution in [1.29, 1.82) is 0 Å². The van der Waals surface area contributed by atoms with Gasteiger partial charge in [0.1, 0.15) is 0 Å². The Morgan fingerprint density at radius 2 is 1.95 bits per heavy atom. The van der Waals surface area contributed by atoms with E-state index in [-0.39, 0.29) is 11.7 Å². The molecule has 1 fully saturated rings. The van der Waals surface area contributed by atoms with E-state index in [1.807, 2.05) is 0 Å². The van der Waals surface area contributed by atoms with E-state index in [2.05, 4.69) is 4.72 Å². The summed E-state index contributed by atoms with van der Waals surface area (Å²) in [6.07, 6.45) is 1.96. The second-order valence-corrected chi connectivity index (χ2v) is 7.08. The SMILES string of the molecule is CC(NS(=O)(=O)Cc1ccccc1N)C(=O)N1CCCC1. The molecular weight excluding hydrogens is 290 g/mol. The van der Waals surface area contributed by atoms with Crippen LogP contribution in [-0.2, 0) is 20.6 Å². The number of amides is 1. The molecular formula is C14H21N3O3S. The molecule has 1 atom stereocenters. The van der Waals surface area contributed by atoms with Crippen LogP contribution in [0.5, 0.6) is 0 Å². The summed E-state index contributed by atoms with van der Waals surface area (Å²) in [4.78, 5) is 13.8. The lowest BCUT2D eigenvalue weighted by atomic mass is 10.2. The molecule has 1 heterocycles. The number of anilines is 1. The van der Waals surface area contributed by atoms with Crippen LogP contribution in [0.2, 0.25) is 0 Å². The van der Waals surface area contributed by atoms with Crippen LogP contribution in [0.4, 0.5) is 5.69 Å². The van der Waals surface area contributed by atoms with Crippen LogP contribution in [0, 0.1) is 0 Å². The summed E-state index contributed by atoms with van der Waals surface area (Å²) < 4.78 is 26.7. The fourth-order valence-corrected chi connectivity index (χ4v) is 3.84. The summed E-state index contributed by atoms with van der Waals surface area (Å²) in [5.74, 6) is -0.394. The number of hydrogen-bond donors (Lipinski definition) is 2. The van der Waals surface area contributed by atoms with E-state index in [9.17, 15) is 13.2 Å². The van der Waals surface area contributed by atoms with Crippen molar-refractivity contribution in [3.05, 3.63) is 29.8 Å². The van der Waals surface area contributed by atoms with Crippen LogP contribution in [0.3, 0.4) is 0 Å². The van der Waals surface area contributed by atoms with Crippen LogP contribution in [0.25, 0.3) is 0 Å². The van der Waals surface area contributed by atoms with E-state index in [1.165, 1.54) is 0 Å². The summed E-state index contributed by atoms with van der Waals surface area (Å²) in [6, 6.07) is 6.06. The first-order valence-electron chi connectivity index (χ1n) is 7.01. The molecule has 0 radical (unpaired) electrons. The average molecular weight is 311 g/mol. The Hall–Kier alpha value is -1.60. The van der Waals surface area contributed by atoms with Crippen molar-refractivity contribution in [1.82, 2.24) is 9.62 Å². The number of nitrogens with two attached hydrogens (primary N) is 1. The van der Waals surface area contributed by atoms with Gasteiger partial charge in [0.05, 0.1) is 11.8 Å². The van der Waals surface area contributed by atoms with Gasteiger partial charge >= 0.3 is 0 Å². The van der Waals surface area contributed by atoms with E-state index < -0.39 is 16.1 Å². The van der Waals surface area contributed by atoms with Gasteiger partial charge in [-0.1, -0.05) is 18.2 Å². The quantitative estimate of drug-likeness (QED) is 0.783. The fourth-order valence-electron chi connectivity index (χ4n) is 2.44. The van der Waals surface area contributed by atoms with Crippen molar-refractivity contribution >= 4 is 21.6 Å². The molecule has 1 aliphatic rings. The van der Waals surface area contributed by atoms with Crippen LogP contribution >= 0.6 is 0 Å². The maximum absolute atomic E-state index is 12.1. The van der Waals surface area contributed by atoms with Crippen LogP contribution in [-0.4, -0.2) is 38.4 Å². The maximum atomic E-state index is 12.1. The molecule has 0 saturated carbocycles. The number of nitrogens with one attached hydrogen (secondary N) is 1. The first-order valence-corrected chi connectivity index (χ1v) is 8.66. The first kappa shape index (κ1) is 15.8. The van der Waals surface area contributed by atoms with Gasteiger partial charge in [-0.05, 0) is 31.4 Å². The number of rotatable bonds is 5. The van der Waals surface area contributed by atoms with Gasteiger partial charge in [-0.2, -0.15) is 0 Å². The molecule has 116 valence electrons. The van der Waals surface area contributed by atoms with E-state index in [4.69, 9.17) is 5.73 Å². The highest BCUT2D eigenvalue weighted by Crippen LogP contribution is 2.14. The lowest BCUT2D eigenvalue weighted by Crippen LogP contribution is -2.46. The lowest BCUT2D eigenvalue weighted by Gasteiger charge is -2.21. The number of benzene rings is 1. The molecule has 1 saturated heterocycles. The normalized spacial score (nSPS) is 16.9. The summed E-state index contributed by atoms with van der Waals surface area (Å²) in [6.45, 7) is 2.99. The van der Waals surface area contributed by atoms with Gasteiger partial charge < -0.3 is 10.6 Å². The molecule has 1 aromatic carbocycles. The van der Waals surface area contributed by atoms with Gasteiger partial charge in [0, 0.05) is 18.8 Å². The zero-order valence-corrected chi connectivity index (χ0v) is 12.9. The second-order valence-electron chi connectivity index (χ2n) is 5.33. The van der Waals surface area contributed by atoms with Crippen molar-refractivity contribution < 1.29 is 13.2 Å². The predicted octanol–water partition coefficient (Wildman–Crippen LogP) is 0.699. The van der Waals surface area contributed by atoms with E-state index in [0.717, 1.165) is 12.8 Å². The van der Waals surface area contributed by atoms with Gasteiger partial charge in [-0.15, -0.1) is 0 Å². The zero-order chi connectivity index (χ0) is 15.5. The highest BCUT2D eigenvalue weighted by molar-refractivity contribution is 7.88. The van der Waals surface area contributed by atoms with Crippen molar-refractivity contribution in [2.75, 3.05) is 18.8 Å². The Bertz CT molecular complexity index is 610. The Morgan fingerprint density at radius 3 is 2.57 bits per heavy atom. The lowest BCUT2D eigenvalue weighted by molar-refractivity contribution is -0.131. The summed E-state index contributed by atoms with van der Waals surface area (Å²) in [7, 11) is -3.61. The molecule has 6 nitrogen and oxygen atoms in total. The van der Waals surface area contributed by atoms with Gasteiger partial charge in [-0.25, -0.2) is 13.1 Å². The van der Waals surface area contributed by atoms with E-state index in [1.54, 1.807) is 36.1 Å². The number of carbonyl (C=O) groups excluding carboxylic acids is 1. The van der Waals surface area contributed by atoms with Crippen LogP contribution in [0.1, 0.15) is 25.3 Å². The van der Waals surface area contributed by atoms with Crippen LogP contribution < -0.4 is 10.5 Å². The van der Waals surface area contributed by atoms with Gasteiger partial charge in [0.2, 0.25) is 15.9 Å². The molecule has 0 aliphatic carbocycles. The predicted molar refractivity (Wildman–Crippen MR) is 81.9 cm³/mol. The van der Waals surface area contributed by atoms with Gasteiger partial charge in [-0.3, -0.25) is 4.79 Å². The molecule has 1 aliphatic heterocycles. The smallest absolute Gasteiger partial charge is 0.240 e. The van der Waals surface area contributed by atoms with Gasteiger partial charge in [0.15, 0.2) is 0 Å². The maximum Gasteiger partial charge on any atom is 0.240 e. The summed E-state index contributed by atoms with van der Waals surface area (Å²) >= 11 is 0. The van der Waals surface area contributed by atoms with E-state index >= 15 is 0 Å². The third-order valence-electron chi connectivity index (χ3n) is 3.55. The van der Waals surface area contributed by atoms with Crippen molar-refractivity contribution in [2.24, 2.45) is 0 Å². The first-order chi connectivity index (χ1) is 9.89. The molecule has 0 aromatic heterocycles. The molecule has 7 heteroatoms. The minimum absolute atomic E-state index is 0.169. The molecule has 0 spiro atoms. The number of sulfonamides is 1. The molecule has 0 bridgehead atoms. The third kappa shape index (κ3) is 4.18. The fraction of sp³-hybridized carbons (Fsp3) is 0.500. The molecule has 3 N–H and O–H groups in total. The largest absolute Gasteiger partial charge is 0.398 e. The minimum atomic E-state index is -3.61. The second kappa shape index (κ2) is 6.44. The van der Waals surface area contributed by atoms with Crippen molar-refractivity contribution in [3.63, 3.8) is 0 Å². The van der Waals surface area contributed by atoms with Crippen molar-refractivity contribution in [2.45, 2.75) is 31.6 Å². The molecule has 2 rings (SSSR count). The van der Waals surface area contributed by atoms with Crippen molar-refractivity contribution in [3.8, 4) is 0 Å². The molecule has 1 unspecified atom stereocenters. The number of nitrogen functional groups attached to an aromatic ring is 1. The number of nitrogens with zero attached hydrogens (tertiary/aromatic N) is 1. The standard InChI is InChI=1S/C14H21N3O3S/c1-11(14(18)17-8-4-5-9-17)16-21(19,20)10-12-6-2-3-7-13(12)15/h2-3,6-7,11,16H,4-5,8-10,15H2,1H3. The summed E-state index contributed by atoms with van der Waals surface area (Å²) in [5, 5.41) is 0. The van der Waals surface area contributed by atoms with Crippen LogP contribution in [0.15, 0.2) is 24.3 Å². The minimum Gasteiger partial charge on any atom is -0.398 e.